The minimum absolute atomic E-state index is 0.0612. The van der Waals surface area contributed by atoms with Crippen LogP contribution >= 0.6 is 7.60 Å². The zero-order chi connectivity index (χ0) is 21.6. The number of hydrogen-bond donors (Lipinski definition) is 1. The average molecular weight is 430 g/mol. The third-order valence-electron chi connectivity index (χ3n) is 4.22. The molecule has 0 amide bonds. The number of esters is 1. The Kier molecular flexibility index (Phi) is 8.15. The minimum Gasteiger partial charge on any atom is -0.464 e. The number of allylic oxidation sites excluding steroid dienone is 1. The fourth-order valence-corrected chi connectivity index (χ4v) is 4.66. The number of aromatic amines is 1. The van der Waals surface area contributed by atoms with E-state index in [0.29, 0.717) is 12.0 Å². The molecule has 1 unspecified atom stereocenters. The van der Waals surface area contributed by atoms with Gasteiger partial charge in [0.05, 0.1) is 32.0 Å². The standard InChI is InChI=1S/C18H27N2O8P/c1-5-25-16(22)17(29(24,26-6-2)27-7-3)28-14-9-8-13(10-14)20-11-12(4)15(21)19-18(20)23/h8-9,11,13-14,17H,5-7,10H2,1-4H3,(H,19,21,23)/t13-,14+,17?/m0/s1. The van der Waals surface area contributed by atoms with Crippen LogP contribution in [-0.2, 0) is 27.9 Å². The maximum Gasteiger partial charge on any atom is 0.370 e. The van der Waals surface area contributed by atoms with Crippen molar-refractivity contribution in [2.45, 2.75) is 52.1 Å². The van der Waals surface area contributed by atoms with Crippen LogP contribution in [0.25, 0.3) is 0 Å². The molecular formula is C18H27N2O8P. The average Bonchev–Trinajstić information content (AvgIpc) is 3.11. The van der Waals surface area contributed by atoms with Gasteiger partial charge in [0.15, 0.2) is 0 Å². The van der Waals surface area contributed by atoms with Crippen LogP contribution in [0.5, 0.6) is 0 Å². The molecule has 1 heterocycles. The van der Waals surface area contributed by atoms with E-state index in [9.17, 15) is 18.9 Å². The summed E-state index contributed by atoms with van der Waals surface area (Å²) in [4.78, 5) is 38.3. The van der Waals surface area contributed by atoms with Crippen molar-refractivity contribution in [1.29, 1.82) is 0 Å². The molecule has 0 bridgehead atoms. The highest BCUT2D eigenvalue weighted by Crippen LogP contribution is 2.54. The SMILES string of the molecule is CCOC(=O)C(O[C@@H]1C=C[C@H](n2cc(C)c(=O)[nH]c2=O)C1)P(=O)(OCC)OCC. The van der Waals surface area contributed by atoms with Crippen LogP contribution in [0.4, 0.5) is 0 Å². The second-order valence-electron chi connectivity index (χ2n) is 6.32. The fraction of sp³-hybridized carbons (Fsp3) is 0.611. The maximum atomic E-state index is 13.1. The molecule has 0 radical (unpaired) electrons. The Balaban J connectivity index is 2.23. The highest BCUT2D eigenvalue weighted by Gasteiger charge is 2.45. The van der Waals surface area contributed by atoms with E-state index >= 15 is 0 Å². The summed E-state index contributed by atoms with van der Waals surface area (Å²) in [6, 6.07) is -0.399. The number of carbonyl (C=O) groups excluding carboxylic acids is 1. The quantitative estimate of drug-likeness (QED) is 0.339. The lowest BCUT2D eigenvalue weighted by molar-refractivity contribution is -0.154. The number of aryl methyl sites for hydroxylation is 1. The second kappa shape index (κ2) is 10.2. The summed E-state index contributed by atoms with van der Waals surface area (Å²) in [5.74, 6) is -2.39. The molecule has 3 atom stereocenters. The van der Waals surface area contributed by atoms with Gasteiger partial charge in [-0.3, -0.25) is 18.9 Å². The molecule has 1 aliphatic rings. The van der Waals surface area contributed by atoms with Gasteiger partial charge in [-0.25, -0.2) is 9.59 Å². The van der Waals surface area contributed by atoms with E-state index in [0.717, 1.165) is 0 Å². The normalized spacial score (nSPS) is 20.0. The number of H-pyrrole nitrogens is 1. The Morgan fingerprint density at radius 2 is 1.86 bits per heavy atom. The molecule has 10 nitrogen and oxygen atoms in total. The van der Waals surface area contributed by atoms with Crippen LogP contribution in [0.2, 0.25) is 0 Å². The second-order valence-corrected chi connectivity index (χ2v) is 8.39. The summed E-state index contributed by atoms with van der Waals surface area (Å²) in [7, 11) is -3.93. The number of nitrogens with zero attached hydrogens (tertiary/aromatic N) is 1. The molecule has 0 spiro atoms. The van der Waals surface area contributed by atoms with Gasteiger partial charge in [-0.1, -0.05) is 12.2 Å². The molecule has 1 aliphatic carbocycles. The molecule has 11 heteroatoms. The van der Waals surface area contributed by atoms with Crippen LogP contribution in [0.1, 0.15) is 38.8 Å². The van der Waals surface area contributed by atoms with Crippen molar-refractivity contribution in [3.8, 4) is 0 Å². The fourth-order valence-electron chi connectivity index (χ4n) is 2.96. The molecule has 0 saturated heterocycles. The van der Waals surface area contributed by atoms with Crippen molar-refractivity contribution < 1.29 is 27.9 Å². The molecule has 162 valence electrons. The van der Waals surface area contributed by atoms with Gasteiger partial charge < -0.3 is 18.5 Å². The smallest absolute Gasteiger partial charge is 0.370 e. The van der Waals surface area contributed by atoms with Crippen molar-refractivity contribution in [3.05, 3.63) is 44.8 Å². The molecule has 0 saturated carbocycles. The molecule has 1 N–H and O–H groups in total. The largest absolute Gasteiger partial charge is 0.464 e. The summed E-state index contributed by atoms with van der Waals surface area (Å²) in [6.45, 7) is 6.68. The molecule has 0 aliphatic heterocycles. The Hall–Kier alpha value is -2.00. The molecule has 29 heavy (non-hydrogen) atoms. The number of aromatic nitrogens is 2. The van der Waals surface area contributed by atoms with Gasteiger partial charge in [-0.15, -0.1) is 0 Å². The van der Waals surface area contributed by atoms with Crippen molar-refractivity contribution >= 4 is 13.6 Å². The summed E-state index contributed by atoms with van der Waals surface area (Å²) in [6.07, 6.45) is 4.50. The molecular weight excluding hydrogens is 403 g/mol. The lowest BCUT2D eigenvalue weighted by Gasteiger charge is -2.27. The van der Waals surface area contributed by atoms with E-state index < -0.39 is 42.8 Å². The van der Waals surface area contributed by atoms with E-state index in [2.05, 4.69) is 4.98 Å². The lowest BCUT2D eigenvalue weighted by Crippen LogP contribution is -2.34. The van der Waals surface area contributed by atoms with E-state index in [-0.39, 0.29) is 19.8 Å². The number of carbonyl (C=O) groups is 1. The van der Waals surface area contributed by atoms with E-state index in [4.69, 9.17) is 18.5 Å². The maximum absolute atomic E-state index is 13.1. The van der Waals surface area contributed by atoms with Gasteiger partial charge in [-0.2, -0.15) is 0 Å². The molecule has 2 rings (SSSR count). The molecule has 1 aromatic rings. The van der Waals surface area contributed by atoms with Gasteiger partial charge in [-0.05, 0) is 27.7 Å². The number of ether oxygens (including phenoxy) is 2. The first-order valence-corrected chi connectivity index (χ1v) is 11.1. The first-order valence-electron chi connectivity index (χ1n) is 9.47. The van der Waals surface area contributed by atoms with Crippen LogP contribution in [0, 0.1) is 6.92 Å². The zero-order valence-corrected chi connectivity index (χ0v) is 17.8. The van der Waals surface area contributed by atoms with Crippen molar-refractivity contribution in [3.63, 3.8) is 0 Å². The first-order chi connectivity index (χ1) is 13.8. The summed E-state index contributed by atoms with van der Waals surface area (Å²) < 4.78 is 35.8. The predicted molar refractivity (Wildman–Crippen MR) is 105 cm³/mol. The van der Waals surface area contributed by atoms with E-state index in [1.807, 2.05) is 0 Å². The summed E-state index contributed by atoms with van der Waals surface area (Å²) in [5, 5.41) is 0. The third-order valence-corrected chi connectivity index (χ3v) is 6.37. The summed E-state index contributed by atoms with van der Waals surface area (Å²) in [5.41, 5.74) is -0.603. The van der Waals surface area contributed by atoms with Crippen molar-refractivity contribution in [2.75, 3.05) is 19.8 Å². The van der Waals surface area contributed by atoms with Gasteiger partial charge in [0.2, 0.25) is 0 Å². The zero-order valence-electron chi connectivity index (χ0n) is 17.0. The predicted octanol–water partition coefficient (Wildman–Crippen LogP) is 1.89. The van der Waals surface area contributed by atoms with Gasteiger partial charge in [0.1, 0.15) is 0 Å². The minimum atomic E-state index is -3.93. The van der Waals surface area contributed by atoms with Gasteiger partial charge in [0.25, 0.3) is 11.4 Å². The molecule has 0 fully saturated rings. The third kappa shape index (κ3) is 5.54. The van der Waals surface area contributed by atoms with Crippen LogP contribution < -0.4 is 11.2 Å². The van der Waals surface area contributed by atoms with Gasteiger partial charge >= 0.3 is 19.3 Å². The Bertz CT molecular complexity index is 896. The Labute approximate surface area is 168 Å². The Morgan fingerprint density at radius 1 is 1.21 bits per heavy atom. The Morgan fingerprint density at radius 3 is 2.45 bits per heavy atom. The lowest BCUT2D eigenvalue weighted by atomic mass is 10.2. The number of hydrogen-bond acceptors (Lipinski definition) is 8. The van der Waals surface area contributed by atoms with E-state index in [1.54, 1.807) is 39.8 Å². The van der Waals surface area contributed by atoms with Crippen LogP contribution in [0.15, 0.2) is 27.9 Å². The summed E-state index contributed by atoms with van der Waals surface area (Å²) >= 11 is 0. The molecule has 1 aromatic heterocycles. The highest BCUT2D eigenvalue weighted by atomic mass is 31.2. The monoisotopic (exact) mass is 430 g/mol. The highest BCUT2D eigenvalue weighted by molar-refractivity contribution is 7.55. The first kappa shape index (κ1) is 23.3. The number of nitrogens with one attached hydrogen (secondary N) is 1. The van der Waals surface area contributed by atoms with Crippen LogP contribution in [0.3, 0.4) is 0 Å². The van der Waals surface area contributed by atoms with E-state index in [1.165, 1.54) is 10.8 Å². The van der Waals surface area contributed by atoms with Gasteiger partial charge in [0, 0.05) is 18.2 Å². The van der Waals surface area contributed by atoms with Crippen LogP contribution in [-0.4, -0.2) is 47.3 Å². The van der Waals surface area contributed by atoms with Crippen molar-refractivity contribution in [1.82, 2.24) is 9.55 Å². The topological polar surface area (TPSA) is 126 Å². The number of rotatable bonds is 10. The van der Waals surface area contributed by atoms with Crippen molar-refractivity contribution in [2.24, 2.45) is 0 Å². The molecule has 0 aromatic carbocycles.